The molecular formula is C9H15ClN4S. The van der Waals surface area contributed by atoms with Crippen LogP contribution in [0, 0.1) is 5.92 Å². The lowest BCUT2D eigenvalue weighted by Gasteiger charge is -2.12. The lowest BCUT2D eigenvalue weighted by atomic mass is 10.2. The van der Waals surface area contributed by atoms with Gasteiger partial charge < -0.3 is 11.1 Å². The third kappa shape index (κ3) is 4.13. The summed E-state index contributed by atoms with van der Waals surface area (Å²) in [5.74, 6) is 2.51. The summed E-state index contributed by atoms with van der Waals surface area (Å²) in [6.45, 7) is 3.00. The van der Waals surface area contributed by atoms with Crippen LogP contribution >= 0.6 is 23.4 Å². The maximum Gasteiger partial charge on any atom is 0.222 e. The molecule has 0 radical (unpaired) electrons. The van der Waals surface area contributed by atoms with Crippen LogP contribution in [0.2, 0.25) is 5.02 Å². The van der Waals surface area contributed by atoms with E-state index in [2.05, 4.69) is 28.5 Å². The fourth-order valence-corrected chi connectivity index (χ4v) is 1.96. The van der Waals surface area contributed by atoms with Gasteiger partial charge in [0.1, 0.15) is 10.8 Å². The second-order valence-electron chi connectivity index (χ2n) is 3.37. The van der Waals surface area contributed by atoms with Gasteiger partial charge in [-0.3, -0.25) is 0 Å². The average Bonchev–Trinajstić information content (AvgIpc) is 2.20. The Kier molecular flexibility index (Phi) is 4.98. The number of hydrogen-bond acceptors (Lipinski definition) is 5. The third-order valence-electron chi connectivity index (χ3n) is 1.83. The smallest absolute Gasteiger partial charge is 0.222 e. The van der Waals surface area contributed by atoms with E-state index in [1.807, 2.05) is 11.8 Å². The molecule has 0 fully saturated rings. The molecule has 15 heavy (non-hydrogen) atoms. The summed E-state index contributed by atoms with van der Waals surface area (Å²) < 4.78 is 0. The molecule has 0 aromatic carbocycles. The summed E-state index contributed by atoms with van der Waals surface area (Å²) in [6, 6.07) is 0. The summed E-state index contributed by atoms with van der Waals surface area (Å²) in [7, 11) is 0. The summed E-state index contributed by atoms with van der Waals surface area (Å²) >= 11 is 7.73. The van der Waals surface area contributed by atoms with Gasteiger partial charge in [0.05, 0.1) is 6.20 Å². The van der Waals surface area contributed by atoms with E-state index in [4.69, 9.17) is 17.3 Å². The van der Waals surface area contributed by atoms with Gasteiger partial charge in [0, 0.05) is 6.54 Å². The molecule has 1 atom stereocenters. The normalized spacial score (nSPS) is 12.5. The van der Waals surface area contributed by atoms with E-state index in [1.165, 1.54) is 6.20 Å². The summed E-state index contributed by atoms with van der Waals surface area (Å²) in [5, 5.41) is 3.66. The molecule has 84 valence electrons. The van der Waals surface area contributed by atoms with Gasteiger partial charge >= 0.3 is 0 Å². The van der Waals surface area contributed by atoms with Gasteiger partial charge in [0.15, 0.2) is 0 Å². The van der Waals surface area contributed by atoms with E-state index in [0.717, 1.165) is 12.3 Å². The third-order valence-corrected chi connectivity index (χ3v) is 3.01. The number of thioether (sulfide) groups is 1. The van der Waals surface area contributed by atoms with Crippen LogP contribution in [-0.2, 0) is 0 Å². The maximum absolute atomic E-state index is 5.91. The first kappa shape index (κ1) is 12.4. The highest BCUT2D eigenvalue weighted by atomic mass is 35.5. The van der Waals surface area contributed by atoms with Crippen LogP contribution in [0.1, 0.15) is 6.92 Å². The van der Waals surface area contributed by atoms with Crippen molar-refractivity contribution in [3.8, 4) is 0 Å². The first-order valence-electron chi connectivity index (χ1n) is 4.64. The summed E-state index contributed by atoms with van der Waals surface area (Å²) in [6.07, 6.45) is 3.59. The van der Waals surface area contributed by atoms with E-state index in [9.17, 15) is 0 Å². The van der Waals surface area contributed by atoms with Crippen molar-refractivity contribution in [3.05, 3.63) is 11.2 Å². The number of hydrogen-bond donors (Lipinski definition) is 2. The number of nitrogen functional groups attached to an aromatic ring is 1. The largest absolute Gasteiger partial charge is 0.368 e. The molecule has 0 bridgehead atoms. The fourth-order valence-electron chi connectivity index (χ4n) is 1.12. The lowest BCUT2D eigenvalue weighted by Crippen LogP contribution is -2.15. The van der Waals surface area contributed by atoms with Gasteiger partial charge in [-0.2, -0.15) is 16.7 Å². The van der Waals surface area contributed by atoms with Crippen LogP contribution in [0.4, 0.5) is 11.8 Å². The van der Waals surface area contributed by atoms with Crippen LogP contribution in [0.5, 0.6) is 0 Å². The van der Waals surface area contributed by atoms with Gasteiger partial charge in [-0.1, -0.05) is 18.5 Å². The topological polar surface area (TPSA) is 63.8 Å². The zero-order valence-corrected chi connectivity index (χ0v) is 10.4. The molecule has 0 aliphatic carbocycles. The Balaban J connectivity index is 2.53. The van der Waals surface area contributed by atoms with Crippen molar-refractivity contribution >= 4 is 35.1 Å². The predicted molar refractivity (Wildman–Crippen MR) is 67.5 cm³/mol. The van der Waals surface area contributed by atoms with Crippen molar-refractivity contribution in [2.24, 2.45) is 5.92 Å². The molecule has 6 heteroatoms. The highest BCUT2D eigenvalue weighted by Gasteiger charge is 2.05. The zero-order valence-electron chi connectivity index (χ0n) is 8.83. The molecule has 0 aliphatic heterocycles. The van der Waals surface area contributed by atoms with Gasteiger partial charge in [-0.15, -0.1) is 0 Å². The van der Waals surface area contributed by atoms with Gasteiger partial charge in [-0.25, -0.2) is 4.98 Å². The minimum atomic E-state index is 0.236. The number of nitrogens with one attached hydrogen (secondary N) is 1. The van der Waals surface area contributed by atoms with Crippen LogP contribution in [0.25, 0.3) is 0 Å². The molecule has 1 rings (SSSR count). The van der Waals surface area contributed by atoms with Gasteiger partial charge in [0.25, 0.3) is 0 Å². The summed E-state index contributed by atoms with van der Waals surface area (Å²) in [4.78, 5) is 7.82. The van der Waals surface area contributed by atoms with E-state index in [0.29, 0.717) is 16.8 Å². The summed E-state index contributed by atoms with van der Waals surface area (Å²) in [5.41, 5.74) is 5.47. The minimum Gasteiger partial charge on any atom is -0.368 e. The van der Waals surface area contributed by atoms with E-state index in [1.54, 1.807) is 0 Å². The molecule has 0 aliphatic rings. The monoisotopic (exact) mass is 246 g/mol. The van der Waals surface area contributed by atoms with Gasteiger partial charge in [0.2, 0.25) is 5.95 Å². The number of nitrogens with zero attached hydrogens (tertiary/aromatic N) is 2. The average molecular weight is 247 g/mol. The van der Waals surface area contributed by atoms with Crippen molar-refractivity contribution in [3.63, 3.8) is 0 Å². The second kappa shape index (κ2) is 6.02. The Morgan fingerprint density at radius 1 is 1.67 bits per heavy atom. The van der Waals surface area contributed by atoms with Crippen LogP contribution < -0.4 is 11.1 Å². The molecular weight excluding hydrogens is 232 g/mol. The molecule has 1 heterocycles. The number of aromatic nitrogens is 2. The fraction of sp³-hybridized carbons (Fsp3) is 0.556. The second-order valence-corrected chi connectivity index (χ2v) is 4.68. The van der Waals surface area contributed by atoms with E-state index >= 15 is 0 Å². The lowest BCUT2D eigenvalue weighted by molar-refractivity contribution is 0.699. The van der Waals surface area contributed by atoms with Crippen LogP contribution in [0.15, 0.2) is 6.20 Å². The molecule has 4 nitrogen and oxygen atoms in total. The maximum atomic E-state index is 5.91. The Morgan fingerprint density at radius 3 is 3.07 bits per heavy atom. The molecule has 1 aromatic rings. The SMILES string of the molecule is CSCC(C)CNc1nc(N)ncc1Cl. The van der Waals surface area contributed by atoms with E-state index in [-0.39, 0.29) is 5.95 Å². The number of nitrogens with two attached hydrogens (primary N) is 1. The number of rotatable bonds is 5. The number of anilines is 2. The Morgan fingerprint density at radius 2 is 2.40 bits per heavy atom. The van der Waals surface area contributed by atoms with Crippen molar-refractivity contribution in [1.29, 1.82) is 0 Å². The standard InChI is InChI=1S/C9H15ClN4S/c1-6(5-15-2)3-12-8-7(10)4-13-9(11)14-8/h4,6H,3,5H2,1-2H3,(H3,11,12,13,14). The van der Waals surface area contributed by atoms with Crippen molar-refractivity contribution < 1.29 is 0 Å². The molecule has 0 amide bonds. The molecule has 1 aromatic heterocycles. The Bertz CT molecular complexity index is 321. The van der Waals surface area contributed by atoms with E-state index < -0.39 is 0 Å². The number of halogens is 1. The minimum absolute atomic E-state index is 0.236. The highest BCUT2D eigenvalue weighted by Crippen LogP contribution is 2.18. The molecule has 1 unspecified atom stereocenters. The highest BCUT2D eigenvalue weighted by molar-refractivity contribution is 7.98. The zero-order chi connectivity index (χ0) is 11.3. The van der Waals surface area contributed by atoms with Crippen molar-refractivity contribution in [2.45, 2.75) is 6.92 Å². The molecule has 0 saturated carbocycles. The molecule has 0 saturated heterocycles. The van der Waals surface area contributed by atoms with Gasteiger partial charge in [-0.05, 0) is 17.9 Å². The Hall–Kier alpha value is -0.680. The van der Waals surface area contributed by atoms with Crippen molar-refractivity contribution in [2.75, 3.05) is 29.6 Å². The quantitative estimate of drug-likeness (QED) is 0.833. The van der Waals surface area contributed by atoms with Crippen LogP contribution in [-0.4, -0.2) is 28.5 Å². The predicted octanol–water partition coefficient (Wildman–Crippen LogP) is 2.12. The molecule has 0 spiro atoms. The first-order valence-corrected chi connectivity index (χ1v) is 6.41. The molecule has 3 N–H and O–H groups in total. The Labute approximate surface area is 99.0 Å². The van der Waals surface area contributed by atoms with Crippen molar-refractivity contribution in [1.82, 2.24) is 9.97 Å². The van der Waals surface area contributed by atoms with Crippen LogP contribution in [0.3, 0.4) is 0 Å². The first-order chi connectivity index (χ1) is 7.13.